The van der Waals surface area contributed by atoms with Gasteiger partial charge in [0, 0.05) is 0 Å². The monoisotopic (exact) mass is 289 g/mol. The van der Waals surface area contributed by atoms with Crippen LogP contribution in [0.15, 0.2) is 52.3 Å². The molecule has 1 unspecified atom stereocenters. The standard InChI is InChI=1S/C14H15N3O2S/c15-14(17-19)13(11-4-2-1-3-5-11)16-12(18)8-10-6-7-20-9-10/h1-7,9,13,19H,8H2,(H2,15,17)(H,16,18). The zero-order valence-electron chi connectivity index (χ0n) is 10.7. The normalized spacial score (nSPS) is 12.9. The lowest BCUT2D eigenvalue weighted by Gasteiger charge is -2.17. The molecule has 5 nitrogen and oxygen atoms in total. The number of hydrogen-bond donors (Lipinski definition) is 3. The minimum atomic E-state index is -0.632. The number of hydrogen-bond acceptors (Lipinski definition) is 4. The molecule has 0 spiro atoms. The third-order valence-corrected chi connectivity index (χ3v) is 3.53. The van der Waals surface area contributed by atoms with Gasteiger partial charge in [0.15, 0.2) is 5.84 Å². The zero-order valence-corrected chi connectivity index (χ0v) is 11.5. The molecule has 0 saturated heterocycles. The number of oxime groups is 1. The fraction of sp³-hybridized carbons (Fsp3) is 0.143. The zero-order chi connectivity index (χ0) is 14.4. The molecule has 1 aromatic carbocycles. The smallest absolute Gasteiger partial charge is 0.225 e. The minimum absolute atomic E-state index is 0.0464. The van der Waals surface area contributed by atoms with Crippen molar-refractivity contribution in [3.8, 4) is 0 Å². The van der Waals surface area contributed by atoms with E-state index in [0.29, 0.717) is 0 Å². The molecule has 0 aliphatic rings. The van der Waals surface area contributed by atoms with Crippen molar-refractivity contribution in [3.05, 3.63) is 58.3 Å². The molecule has 0 aliphatic carbocycles. The Hall–Kier alpha value is -2.34. The van der Waals surface area contributed by atoms with Gasteiger partial charge in [0.25, 0.3) is 0 Å². The van der Waals surface area contributed by atoms with E-state index in [9.17, 15) is 4.79 Å². The average Bonchev–Trinajstić information content (AvgIpc) is 2.97. The molecule has 20 heavy (non-hydrogen) atoms. The number of benzene rings is 1. The molecule has 0 radical (unpaired) electrons. The third kappa shape index (κ3) is 3.58. The molecule has 1 aromatic heterocycles. The molecule has 1 amide bonds. The predicted octanol–water partition coefficient (Wildman–Crippen LogP) is 1.89. The van der Waals surface area contributed by atoms with Crippen LogP contribution in [-0.4, -0.2) is 17.0 Å². The predicted molar refractivity (Wildman–Crippen MR) is 78.8 cm³/mol. The van der Waals surface area contributed by atoms with Crippen molar-refractivity contribution in [2.24, 2.45) is 10.9 Å². The van der Waals surface area contributed by atoms with Gasteiger partial charge in [-0.3, -0.25) is 4.79 Å². The van der Waals surface area contributed by atoms with Crippen molar-refractivity contribution in [2.45, 2.75) is 12.5 Å². The van der Waals surface area contributed by atoms with Crippen LogP contribution in [0, 0.1) is 0 Å². The first-order valence-corrected chi connectivity index (χ1v) is 6.98. The maximum atomic E-state index is 12.0. The lowest BCUT2D eigenvalue weighted by molar-refractivity contribution is -0.120. The molecule has 6 heteroatoms. The Morgan fingerprint density at radius 3 is 2.70 bits per heavy atom. The summed E-state index contributed by atoms with van der Waals surface area (Å²) in [4.78, 5) is 12.0. The quantitative estimate of drug-likeness (QED) is 0.340. The topological polar surface area (TPSA) is 87.7 Å². The summed E-state index contributed by atoms with van der Waals surface area (Å²) in [7, 11) is 0. The van der Waals surface area contributed by atoms with Crippen molar-refractivity contribution >= 4 is 23.1 Å². The van der Waals surface area contributed by atoms with Crippen LogP contribution in [-0.2, 0) is 11.2 Å². The maximum absolute atomic E-state index is 12.0. The molecular formula is C14H15N3O2S. The summed E-state index contributed by atoms with van der Waals surface area (Å²) in [6.07, 6.45) is 0.269. The highest BCUT2D eigenvalue weighted by molar-refractivity contribution is 7.07. The van der Waals surface area contributed by atoms with Gasteiger partial charge in [-0.1, -0.05) is 35.5 Å². The van der Waals surface area contributed by atoms with Crippen molar-refractivity contribution < 1.29 is 10.0 Å². The number of amides is 1. The molecule has 4 N–H and O–H groups in total. The number of carbonyl (C=O) groups excluding carboxylic acids is 1. The molecule has 0 bridgehead atoms. The lowest BCUT2D eigenvalue weighted by atomic mass is 10.1. The van der Waals surface area contributed by atoms with Gasteiger partial charge in [0.05, 0.1) is 6.42 Å². The number of rotatable bonds is 5. The maximum Gasteiger partial charge on any atom is 0.225 e. The summed E-state index contributed by atoms with van der Waals surface area (Å²) in [5, 5.41) is 18.5. The Balaban J connectivity index is 2.11. The summed E-state index contributed by atoms with van der Waals surface area (Å²) < 4.78 is 0. The fourth-order valence-corrected chi connectivity index (χ4v) is 2.49. The van der Waals surface area contributed by atoms with Gasteiger partial charge < -0.3 is 16.3 Å². The van der Waals surface area contributed by atoms with Crippen LogP contribution in [0.5, 0.6) is 0 Å². The Morgan fingerprint density at radius 1 is 1.35 bits per heavy atom. The number of thiophene rings is 1. The summed E-state index contributed by atoms with van der Waals surface area (Å²) in [6.45, 7) is 0. The Kier molecular flexibility index (Phi) is 4.73. The number of amidine groups is 1. The highest BCUT2D eigenvalue weighted by Gasteiger charge is 2.19. The number of nitrogens with two attached hydrogens (primary N) is 1. The van der Waals surface area contributed by atoms with Crippen molar-refractivity contribution in [1.82, 2.24) is 5.32 Å². The van der Waals surface area contributed by atoms with E-state index in [1.165, 1.54) is 11.3 Å². The molecule has 1 atom stereocenters. The van der Waals surface area contributed by atoms with E-state index in [1.807, 2.05) is 47.2 Å². The van der Waals surface area contributed by atoms with E-state index in [1.54, 1.807) is 0 Å². The van der Waals surface area contributed by atoms with E-state index in [4.69, 9.17) is 10.9 Å². The molecule has 0 fully saturated rings. The van der Waals surface area contributed by atoms with Crippen LogP contribution >= 0.6 is 11.3 Å². The number of carbonyl (C=O) groups is 1. The first kappa shape index (κ1) is 14.1. The molecule has 0 saturated carbocycles. The van der Waals surface area contributed by atoms with Crippen LogP contribution < -0.4 is 11.1 Å². The van der Waals surface area contributed by atoms with Gasteiger partial charge in [-0.2, -0.15) is 11.3 Å². The van der Waals surface area contributed by atoms with Crippen molar-refractivity contribution in [1.29, 1.82) is 0 Å². The summed E-state index contributed by atoms with van der Waals surface area (Å²) >= 11 is 1.54. The Labute approximate surface area is 120 Å². The minimum Gasteiger partial charge on any atom is -0.409 e. The van der Waals surface area contributed by atoms with E-state index in [-0.39, 0.29) is 18.2 Å². The van der Waals surface area contributed by atoms with Gasteiger partial charge in [-0.25, -0.2) is 0 Å². The largest absolute Gasteiger partial charge is 0.409 e. The van der Waals surface area contributed by atoms with E-state index in [0.717, 1.165) is 11.1 Å². The van der Waals surface area contributed by atoms with Crippen LogP contribution in [0.3, 0.4) is 0 Å². The van der Waals surface area contributed by atoms with Gasteiger partial charge >= 0.3 is 0 Å². The van der Waals surface area contributed by atoms with Gasteiger partial charge in [-0.15, -0.1) is 0 Å². The first-order valence-electron chi connectivity index (χ1n) is 6.03. The summed E-state index contributed by atoms with van der Waals surface area (Å²) in [5.41, 5.74) is 7.37. The molecule has 104 valence electrons. The molecule has 2 rings (SSSR count). The van der Waals surface area contributed by atoms with E-state index in [2.05, 4.69) is 10.5 Å². The number of nitrogens with one attached hydrogen (secondary N) is 1. The van der Waals surface area contributed by atoms with E-state index < -0.39 is 6.04 Å². The van der Waals surface area contributed by atoms with Gasteiger partial charge in [-0.05, 0) is 28.0 Å². The van der Waals surface area contributed by atoms with Crippen LogP contribution in [0.2, 0.25) is 0 Å². The van der Waals surface area contributed by atoms with Crippen molar-refractivity contribution in [3.63, 3.8) is 0 Å². The summed E-state index contributed by atoms with van der Waals surface area (Å²) in [6, 6.07) is 10.4. The first-order chi connectivity index (χ1) is 9.70. The highest BCUT2D eigenvalue weighted by atomic mass is 32.1. The fourth-order valence-electron chi connectivity index (χ4n) is 1.82. The van der Waals surface area contributed by atoms with Crippen molar-refractivity contribution in [2.75, 3.05) is 0 Å². The molecule has 0 aliphatic heterocycles. The third-order valence-electron chi connectivity index (χ3n) is 2.79. The second-order valence-electron chi connectivity index (χ2n) is 4.24. The summed E-state index contributed by atoms with van der Waals surface area (Å²) in [5.74, 6) is -0.223. The van der Waals surface area contributed by atoms with Gasteiger partial charge in [0.1, 0.15) is 6.04 Å². The Morgan fingerprint density at radius 2 is 2.10 bits per heavy atom. The molecular weight excluding hydrogens is 274 g/mol. The second-order valence-corrected chi connectivity index (χ2v) is 5.02. The average molecular weight is 289 g/mol. The second kappa shape index (κ2) is 6.72. The Bertz CT molecular complexity index is 582. The van der Waals surface area contributed by atoms with E-state index >= 15 is 0 Å². The van der Waals surface area contributed by atoms with Crippen LogP contribution in [0.4, 0.5) is 0 Å². The molecule has 1 heterocycles. The highest BCUT2D eigenvalue weighted by Crippen LogP contribution is 2.13. The number of nitrogens with zero attached hydrogens (tertiary/aromatic N) is 1. The van der Waals surface area contributed by atoms with Gasteiger partial charge in [0.2, 0.25) is 5.91 Å². The SMILES string of the molecule is N/C(=N/O)C(NC(=O)Cc1ccsc1)c1ccccc1. The van der Waals surface area contributed by atoms with Crippen LogP contribution in [0.1, 0.15) is 17.2 Å². The molecule has 2 aromatic rings. The lowest BCUT2D eigenvalue weighted by Crippen LogP contribution is -2.38. The van der Waals surface area contributed by atoms with Crippen LogP contribution in [0.25, 0.3) is 0 Å².